The Labute approximate surface area is 134 Å². The molecule has 0 radical (unpaired) electrons. The van der Waals surface area contributed by atoms with Crippen LogP contribution in [0.2, 0.25) is 0 Å². The number of nitrogens with one attached hydrogen (secondary N) is 1. The van der Waals surface area contributed by atoms with Gasteiger partial charge in [0.05, 0.1) is 5.69 Å². The van der Waals surface area contributed by atoms with Crippen molar-refractivity contribution in [3.63, 3.8) is 0 Å². The summed E-state index contributed by atoms with van der Waals surface area (Å²) in [5.41, 5.74) is 0.842. The number of rotatable bonds is 7. The number of hydrogen-bond acceptors (Lipinski definition) is 5. The Bertz CT molecular complexity index is 650. The Morgan fingerprint density at radius 1 is 1.22 bits per heavy atom. The monoisotopic (exact) mass is 313 g/mol. The van der Waals surface area contributed by atoms with Gasteiger partial charge in [0, 0.05) is 6.04 Å². The molecule has 7 heteroatoms. The largest absolute Gasteiger partial charge is 0.484 e. The lowest BCUT2D eigenvalue weighted by atomic mass is 10.1. The fraction of sp³-hybridized carbons (Fsp3) is 0.500. The maximum Gasteiger partial charge on any atom is 0.258 e. The summed E-state index contributed by atoms with van der Waals surface area (Å²) in [6.07, 6.45) is 6.53. The maximum absolute atomic E-state index is 12.1. The van der Waals surface area contributed by atoms with Crippen LogP contribution in [0.4, 0.5) is 0 Å². The molecule has 0 atom stereocenters. The molecule has 1 amide bonds. The van der Waals surface area contributed by atoms with E-state index in [9.17, 15) is 4.79 Å². The first-order valence-corrected chi connectivity index (χ1v) is 8.05. The van der Waals surface area contributed by atoms with E-state index in [0.29, 0.717) is 23.6 Å². The molecule has 120 valence electrons. The Morgan fingerprint density at radius 2 is 1.91 bits per heavy atom. The predicted octanol–water partition coefficient (Wildman–Crippen LogP) is 1.35. The van der Waals surface area contributed by atoms with E-state index in [1.54, 1.807) is 4.68 Å². The van der Waals surface area contributed by atoms with E-state index in [1.807, 2.05) is 24.3 Å². The third-order valence-corrected chi connectivity index (χ3v) is 4.41. The number of aromatic nitrogens is 4. The van der Waals surface area contributed by atoms with Crippen molar-refractivity contribution in [1.29, 1.82) is 0 Å². The number of amides is 1. The molecule has 0 aliphatic heterocycles. The lowest BCUT2D eigenvalue weighted by Gasteiger charge is -2.17. The van der Waals surface area contributed by atoms with Gasteiger partial charge in [-0.1, -0.05) is 0 Å². The molecule has 2 aliphatic carbocycles. The van der Waals surface area contributed by atoms with Crippen LogP contribution in [-0.4, -0.2) is 38.8 Å². The molecule has 0 saturated heterocycles. The van der Waals surface area contributed by atoms with Crippen LogP contribution in [0.1, 0.15) is 25.7 Å². The van der Waals surface area contributed by atoms with Gasteiger partial charge in [0.1, 0.15) is 12.1 Å². The molecule has 2 aromatic rings. The number of tetrazole rings is 1. The zero-order chi connectivity index (χ0) is 15.6. The highest BCUT2D eigenvalue weighted by molar-refractivity contribution is 5.78. The molecule has 4 rings (SSSR count). The number of benzene rings is 1. The third-order valence-electron chi connectivity index (χ3n) is 4.41. The molecular formula is C16H19N5O2. The molecule has 1 aromatic heterocycles. The van der Waals surface area contributed by atoms with Crippen molar-refractivity contribution in [2.45, 2.75) is 31.7 Å². The molecule has 0 bridgehead atoms. The molecule has 23 heavy (non-hydrogen) atoms. The maximum atomic E-state index is 12.1. The summed E-state index contributed by atoms with van der Waals surface area (Å²) in [4.78, 5) is 12.1. The summed E-state index contributed by atoms with van der Waals surface area (Å²) >= 11 is 0. The van der Waals surface area contributed by atoms with Crippen molar-refractivity contribution in [3.05, 3.63) is 30.6 Å². The van der Waals surface area contributed by atoms with Crippen molar-refractivity contribution in [1.82, 2.24) is 25.5 Å². The third kappa shape index (κ3) is 3.49. The van der Waals surface area contributed by atoms with Crippen molar-refractivity contribution in [3.8, 4) is 11.4 Å². The standard InChI is InChI=1S/C16H19N5O2/c22-15(18-16(11-1-2-11)12-3-4-12)9-23-14-7-5-13(6-8-14)21-10-17-19-20-21/h5-8,10-12,16H,1-4,9H2,(H,18,22). The van der Waals surface area contributed by atoms with Crippen LogP contribution in [-0.2, 0) is 4.79 Å². The second-order valence-electron chi connectivity index (χ2n) is 6.31. The summed E-state index contributed by atoms with van der Waals surface area (Å²) in [7, 11) is 0. The average molecular weight is 313 g/mol. The Kier molecular flexibility index (Phi) is 3.69. The van der Waals surface area contributed by atoms with E-state index in [2.05, 4.69) is 20.8 Å². The van der Waals surface area contributed by atoms with Gasteiger partial charge >= 0.3 is 0 Å². The van der Waals surface area contributed by atoms with Crippen molar-refractivity contribution < 1.29 is 9.53 Å². The first-order chi connectivity index (χ1) is 11.3. The predicted molar refractivity (Wildman–Crippen MR) is 82.0 cm³/mol. The fourth-order valence-corrected chi connectivity index (χ4v) is 2.88. The molecule has 2 aliphatic rings. The molecule has 1 N–H and O–H groups in total. The van der Waals surface area contributed by atoms with Gasteiger partial charge < -0.3 is 10.1 Å². The van der Waals surface area contributed by atoms with E-state index >= 15 is 0 Å². The minimum Gasteiger partial charge on any atom is -0.484 e. The summed E-state index contributed by atoms with van der Waals surface area (Å²) in [5, 5.41) is 14.2. The van der Waals surface area contributed by atoms with Crippen LogP contribution >= 0.6 is 0 Å². The van der Waals surface area contributed by atoms with E-state index in [-0.39, 0.29) is 12.5 Å². The molecule has 1 aromatic carbocycles. The van der Waals surface area contributed by atoms with Crippen LogP contribution < -0.4 is 10.1 Å². The average Bonchev–Trinajstić information content (AvgIpc) is 3.51. The van der Waals surface area contributed by atoms with E-state index in [0.717, 1.165) is 5.69 Å². The molecule has 7 nitrogen and oxygen atoms in total. The van der Waals surface area contributed by atoms with Crippen LogP contribution in [0, 0.1) is 11.8 Å². The number of nitrogens with zero attached hydrogens (tertiary/aromatic N) is 4. The van der Waals surface area contributed by atoms with Gasteiger partial charge in [-0.2, -0.15) is 0 Å². The van der Waals surface area contributed by atoms with E-state index in [4.69, 9.17) is 4.74 Å². The van der Waals surface area contributed by atoms with Gasteiger partial charge in [0.25, 0.3) is 5.91 Å². The SMILES string of the molecule is O=C(COc1ccc(-n2cnnn2)cc1)NC(C1CC1)C1CC1. The highest BCUT2D eigenvalue weighted by Crippen LogP contribution is 2.44. The summed E-state index contributed by atoms with van der Waals surface area (Å²) in [5.74, 6) is 2.02. The lowest BCUT2D eigenvalue weighted by molar-refractivity contribution is -0.124. The van der Waals surface area contributed by atoms with E-state index in [1.165, 1.54) is 32.0 Å². The number of ether oxygens (including phenoxy) is 1. The lowest BCUT2D eigenvalue weighted by Crippen LogP contribution is -2.40. The molecule has 0 unspecified atom stereocenters. The van der Waals surface area contributed by atoms with Crippen LogP contribution in [0.5, 0.6) is 5.75 Å². The molecule has 0 spiro atoms. The quantitative estimate of drug-likeness (QED) is 0.834. The first kappa shape index (κ1) is 14.2. The van der Waals surface area contributed by atoms with Crippen molar-refractivity contribution in [2.24, 2.45) is 11.8 Å². The first-order valence-electron chi connectivity index (χ1n) is 8.05. The van der Waals surface area contributed by atoms with Gasteiger partial charge in [0.15, 0.2) is 6.61 Å². The smallest absolute Gasteiger partial charge is 0.258 e. The van der Waals surface area contributed by atoms with E-state index < -0.39 is 0 Å². The highest BCUT2D eigenvalue weighted by atomic mass is 16.5. The summed E-state index contributed by atoms with van der Waals surface area (Å²) in [6.45, 7) is 0.0557. The van der Waals surface area contributed by atoms with Gasteiger partial charge in [-0.25, -0.2) is 4.68 Å². The number of carbonyl (C=O) groups is 1. The summed E-state index contributed by atoms with van der Waals surface area (Å²) < 4.78 is 7.13. The Hall–Kier alpha value is -2.44. The minimum absolute atomic E-state index is 0.0293. The van der Waals surface area contributed by atoms with Crippen LogP contribution in [0.3, 0.4) is 0 Å². The normalized spacial score (nSPS) is 17.3. The van der Waals surface area contributed by atoms with Crippen molar-refractivity contribution in [2.75, 3.05) is 6.61 Å². The molecular weight excluding hydrogens is 294 g/mol. The second kappa shape index (κ2) is 5.98. The fourth-order valence-electron chi connectivity index (χ4n) is 2.88. The Morgan fingerprint density at radius 3 is 2.48 bits per heavy atom. The highest BCUT2D eigenvalue weighted by Gasteiger charge is 2.42. The molecule has 2 saturated carbocycles. The van der Waals surface area contributed by atoms with Gasteiger partial charge in [0.2, 0.25) is 0 Å². The zero-order valence-corrected chi connectivity index (χ0v) is 12.8. The van der Waals surface area contributed by atoms with Crippen LogP contribution in [0.15, 0.2) is 30.6 Å². The minimum atomic E-state index is -0.0293. The number of hydrogen-bond donors (Lipinski definition) is 1. The zero-order valence-electron chi connectivity index (χ0n) is 12.8. The van der Waals surface area contributed by atoms with Crippen molar-refractivity contribution >= 4 is 5.91 Å². The second-order valence-corrected chi connectivity index (χ2v) is 6.31. The van der Waals surface area contributed by atoms with Crippen LogP contribution in [0.25, 0.3) is 5.69 Å². The topological polar surface area (TPSA) is 81.9 Å². The number of carbonyl (C=O) groups excluding carboxylic acids is 1. The van der Waals surface area contributed by atoms with Gasteiger partial charge in [-0.15, -0.1) is 5.10 Å². The summed E-state index contributed by atoms with van der Waals surface area (Å²) in [6, 6.07) is 7.68. The Balaban J connectivity index is 1.29. The van der Waals surface area contributed by atoms with Gasteiger partial charge in [-0.05, 0) is 72.2 Å². The van der Waals surface area contributed by atoms with Gasteiger partial charge in [-0.3, -0.25) is 4.79 Å². The molecule has 1 heterocycles. The molecule has 2 fully saturated rings.